The molecule has 0 spiro atoms. The number of benzene rings is 2. The molecule has 1 heterocycles. The van der Waals surface area contributed by atoms with E-state index >= 15 is 0 Å². The van der Waals surface area contributed by atoms with Gasteiger partial charge in [-0.15, -0.1) is 0 Å². The Bertz CT molecular complexity index is 2400. The van der Waals surface area contributed by atoms with Gasteiger partial charge in [-0.05, 0) is 111 Å². The monoisotopic (exact) mass is 1750 g/mol. The molecule has 2 aromatic rings. The number of unbranched alkanes of at least 4 members (excludes halogenated alkanes) is 83. The van der Waals surface area contributed by atoms with Gasteiger partial charge in [-0.3, -0.25) is 0 Å². The molecule has 0 saturated heterocycles. The summed E-state index contributed by atoms with van der Waals surface area (Å²) in [4.78, 5) is 0. The zero-order valence-corrected chi connectivity index (χ0v) is 86.3. The second-order valence-corrected chi connectivity index (χ2v) is 39.9. The summed E-state index contributed by atoms with van der Waals surface area (Å²) in [5, 5.41) is 0. The van der Waals surface area contributed by atoms with Crippen molar-refractivity contribution in [3.05, 3.63) is 101 Å². The normalized spacial score (nSPS) is 12.1. The molecule has 0 atom stereocenters. The van der Waals surface area contributed by atoms with Gasteiger partial charge >= 0.3 is 16.5 Å². The molecule has 2 aromatic carbocycles. The molecule has 0 aliphatic carbocycles. The molecule has 0 bridgehead atoms. The number of allylic oxidation sites excluding steroid dienone is 2. The Morgan fingerprint density at radius 1 is 0.187 bits per heavy atom. The molecule has 0 saturated carbocycles. The van der Waals surface area contributed by atoms with Gasteiger partial charge in [0.05, 0.1) is 0 Å². The van der Waals surface area contributed by atoms with Gasteiger partial charge in [0.2, 0.25) is 11.4 Å². The SMILES string of the molecule is CCCCCCCCCCCCCCCCCCCCCc1cc(CCCC)cc(C2=CC(CCCCCCCC)=C(c3cc(CCCC)cc(CCCCCCCCCCCCCCCCCCCCC)c3)[N+]2=[N-])c1.[CH2-]CCCCCCCCCCCCCCCCCCCCCC.[CH2-]CCCCCCCCCCCCCCCCCCCCCC.[Ni+2]. The van der Waals surface area contributed by atoms with Crippen LogP contribution >= 0.6 is 0 Å². The van der Waals surface area contributed by atoms with Crippen molar-refractivity contribution in [2.45, 2.75) is 658 Å². The Labute approximate surface area is 786 Å². The van der Waals surface area contributed by atoms with E-state index in [1.807, 2.05) is 0 Å². The Morgan fingerprint density at radius 3 is 0.528 bits per heavy atom. The standard InChI is InChI=1S/C74H128N2.2C23H47.Ni/c1-6-11-16-19-22-24-26-28-30-32-34-36-38-40-42-44-46-48-51-56-68-59-66(54-14-9-4)61-71(62-68)73-65-70(58-53-50-21-18-13-8-3)74(76(73)75)72-63-67(55-15-10-5)60-69(64-72)57-52-49-47-45-43-41-39-37-35-33-31-29-27-25-23-20-17-12-7-2;2*1-3-5-7-9-11-13-15-17-19-21-23-22-20-18-16-14-12-10-8-6-4-2;/h59-65H,6-58H2,1-5H3;2*1,3-23H2,2H3;/q;2*-1;+2. The van der Waals surface area contributed by atoms with Crippen LogP contribution in [-0.4, -0.2) is 4.70 Å². The molecule has 3 rings (SSSR count). The smallest absolute Gasteiger partial charge is 0.493 e. The molecule has 1 aliphatic heterocycles. The molecule has 0 fully saturated rings. The minimum atomic E-state index is 0. The number of aryl methyl sites for hydroxylation is 4. The maximum Gasteiger partial charge on any atom is 2.00 e. The first-order valence-electron chi connectivity index (χ1n) is 57.2. The van der Waals surface area contributed by atoms with E-state index in [0.29, 0.717) is 0 Å². The maximum atomic E-state index is 12.5. The quantitative estimate of drug-likeness (QED) is 0.0273. The molecular weight excluding hydrogens is 1530 g/mol. The third-order valence-corrected chi connectivity index (χ3v) is 27.5. The van der Waals surface area contributed by atoms with Crippen molar-refractivity contribution in [3.8, 4) is 0 Å². The largest absolute Gasteiger partial charge is 2.00 e. The molecule has 722 valence electrons. The summed E-state index contributed by atoms with van der Waals surface area (Å²) in [5.74, 6) is 0. The van der Waals surface area contributed by atoms with Crippen molar-refractivity contribution >= 4 is 11.4 Å². The third-order valence-electron chi connectivity index (χ3n) is 27.5. The van der Waals surface area contributed by atoms with Gasteiger partial charge in [-0.25, -0.2) is 4.70 Å². The van der Waals surface area contributed by atoms with Crippen molar-refractivity contribution in [3.63, 3.8) is 0 Å². The van der Waals surface area contributed by atoms with Gasteiger partial charge in [0, 0.05) is 22.8 Å². The van der Waals surface area contributed by atoms with Crippen molar-refractivity contribution in [2.75, 3.05) is 0 Å². The summed E-state index contributed by atoms with van der Waals surface area (Å²) in [6.45, 7) is 24.0. The molecule has 3 heteroatoms. The van der Waals surface area contributed by atoms with Crippen LogP contribution in [0.25, 0.3) is 16.9 Å². The maximum absolute atomic E-state index is 12.5. The first-order chi connectivity index (χ1) is 60.4. The summed E-state index contributed by atoms with van der Waals surface area (Å²) < 4.78 is 1.63. The topological polar surface area (TPSA) is 25.3 Å². The Hall–Kier alpha value is -1.99. The van der Waals surface area contributed by atoms with Gasteiger partial charge in [-0.2, -0.15) is 12.8 Å². The van der Waals surface area contributed by atoms with Gasteiger partial charge in [0.25, 0.3) is 0 Å². The van der Waals surface area contributed by atoms with Gasteiger partial charge in [-0.1, -0.05) is 594 Å². The van der Waals surface area contributed by atoms with Crippen molar-refractivity contribution < 1.29 is 21.2 Å². The number of hydrogen-bond acceptors (Lipinski definition) is 0. The third kappa shape index (κ3) is 80.6. The molecule has 0 radical (unpaired) electrons. The first-order valence-corrected chi connectivity index (χ1v) is 57.2. The van der Waals surface area contributed by atoms with Gasteiger partial charge in [0.15, 0.2) is 0 Å². The van der Waals surface area contributed by atoms with E-state index in [2.05, 4.69) is 105 Å². The van der Waals surface area contributed by atoms with E-state index in [-0.39, 0.29) is 16.5 Å². The fraction of sp³-hybridized carbons (Fsp3) is 0.850. The average molecular weight is 1750 g/mol. The van der Waals surface area contributed by atoms with Crippen LogP contribution < -0.4 is 0 Å². The fourth-order valence-corrected chi connectivity index (χ4v) is 19.2. The van der Waals surface area contributed by atoms with Crippen LogP contribution in [0.1, 0.15) is 666 Å². The van der Waals surface area contributed by atoms with Crippen LogP contribution in [0, 0.1) is 13.8 Å². The summed E-state index contributed by atoms with van der Waals surface area (Å²) >= 11 is 0. The summed E-state index contributed by atoms with van der Waals surface area (Å²) in [6, 6.07) is 14.8. The predicted octanol–water partition coefficient (Wildman–Crippen LogP) is 43.9. The average Bonchev–Trinajstić information content (AvgIpc) is 1.67. The van der Waals surface area contributed by atoms with Crippen LogP contribution in [0.4, 0.5) is 0 Å². The van der Waals surface area contributed by atoms with Crippen LogP contribution in [0.5, 0.6) is 0 Å². The summed E-state index contributed by atoms with van der Waals surface area (Å²) in [6.07, 6.45) is 135. The Balaban J connectivity index is 0.00000256. The zero-order chi connectivity index (χ0) is 87.9. The molecule has 0 amide bonds. The van der Waals surface area contributed by atoms with Crippen LogP contribution in [-0.2, 0) is 42.2 Å². The van der Waals surface area contributed by atoms with Crippen LogP contribution in [0.15, 0.2) is 48.0 Å². The van der Waals surface area contributed by atoms with E-state index in [0.717, 1.165) is 56.3 Å². The van der Waals surface area contributed by atoms with Gasteiger partial charge in [0.1, 0.15) is 0 Å². The van der Waals surface area contributed by atoms with E-state index < -0.39 is 0 Å². The summed E-state index contributed by atoms with van der Waals surface area (Å²) in [7, 11) is 0. The minimum Gasteiger partial charge on any atom is -0.493 e. The van der Waals surface area contributed by atoms with Crippen LogP contribution in [0.3, 0.4) is 0 Å². The Morgan fingerprint density at radius 2 is 0.341 bits per heavy atom. The van der Waals surface area contributed by atoms with Crippen molar-refractivity contribution in [1.82, 2.24) is 0 Å². The van der Waals surface area contributed by atoms with Crippen LogP contribution in [0.2, 0.25) is 0 Å². The van der Waals surface area contributed by atoms with Gasteiger partial charge < -0.3 is 19.4 Å². The number of rotatable bonds is 95. The molecule has 0 N–H and O–H groups in total. The predicted molar refractivity (Wildman–Crippen MR) is 557 cm³/mol. The first kappa shape index (κ1) is 121. The van der Waals surface area contributed by atoms with E-state index in [9.17, 15) is 5.53 Å². The molecule has 2 nitrogen and oxygen atoms in total. The minimum absolute atomic E-state index is 0. The van der Waals surface area contributed by atoms with Crippen molar-refractivity contribution in [1.29, 1.82) is 0 Å². The summed E-state index contributed by atoms with van der Waals surface area (Å²) in [5.41, 5.74) is 24.1. The fourth-order valence-electron chi connectivity index (χ4n) is 19.2. The van der Waals surface area contributed by atoms with Crippen molar-refractivity contribution in [2.24, 2.45) is 0 Å². The number of nitrogens with zero attached hydrogens (tertiary/aromatic N) is 2. The second kappa shape index (κ2) is 101. The Kier molecular flexibility index (Phi) is 98.9. The molecule has 123 heavy (non-hydrogen) atoms. The van der Waals surface area contributed by atoms with E-state index in [4.69, 9.17) is 0 Å². The van der Waals surface area contributed by atoms with E-state index in [1.165, 1.54) is 604 Å². The molecule has 1 aliphatic rings. The number of hydrogen-bond donors (Lipinski definition) is 0. The van der Waals surface area contributed by atoms with E-state index in [1.54, 1.807) is 4.70 Å². The molecule has 0 unspecified atom stereocenters. The zero-order valence-electron chi connectivity index (χ0n) is 85.3. The second-order valence-electron chi connectivity index (χ2n) is 39.9. The molecular formula is C120H222N2Ni. The molecule has 0 aromatic heterocycles.